The second-order valence-electron chi connectivity index (χ2n) is 2.74. The fourth-order valence-corrected chi connectivity index (χ4v) is 1.27. The molecule has 1 amide bonds. The Balaban J connectivity index is 3.08. The van der Waals surface area contributed by atoms with Gasteiger partial charge in [0.15, 0.2) is 0 Å². The van der Waals surface area contributed by atoms with E-state index in [2.05, 4.69) is 21.2 Å². The molecule has 0 rings (SSSR count). The van der Waals surface area contributed by atoms with E-state index < -0.39 is 0 Å². The van der Waals surface area contributed by atoms with Gasteiger partial charge in [0.2, 0.25) is 5.91 Å². The number of nitrogens with one attached hydrogen (secondary N) is 1. The molecule has 0 saturated heterocycles. The van der Waals surface area contributed by atoms with E-state index in [9.17, 15) is 4.79 Å². The Labute approximate surface area is 88.4 Å². The lowest BCUT2D eigenvalue weighted by Crippen LogP contribution is -2.28. The Morgan fingerprint density at radius 3 is 2.77 bits per heavy atom. The van der Waals surface area contributed by atoms with Crippen LogP contribution in [0.25, 0.3) is 0 Å². The Bertz CT molecular complexity index is 131. The van der Waals surface area contributed by atoms with Gasteiger partial charge in [-0.3, -0.25) is 4.79 Å². The minimum Gasteiger partial charge on any atom is -0.372 e. The van der Waals surface area contributed by atoms with Gasteiger partial charge in [-0.05, 0) is 19.8 Å². The summed E-state index contributed by atoms with van der Waals surface area (Å²) in [5, 5.41) is 3.84. The molecular formula is C9H18BrNO2. The normalized spacial score (nSPS) is 10.0. The highest BCUT2D eigenvalue weighted by molar-refractivity contribution is 9.09. The van der Waals surface area contributed by atoms with Crippen molar-refractivity contribution in [3.8, 4) is 0 Å². The first-order chi connectivity index (χ1) is 6.31. The van der Waals surface area contributed by atoms with Crippen LogP contribution in [0, 0.1) is 0 Å². The van der Waals surface area contributed by atoms with Crippen molar-refractivity contribution in [1.29, 1.82) is 0 Å². The highest BCUT2D eigenvalue weighted by Gasteiger charge is 1.98. The molecule has 0 aliphatic carbocycles. The van der Waals surface area contributed by atoms with Crippen LogP contribution in [0.5, 0.6) is 0 Å². The number of amides is 1. The van der Waals surface area contributed by atoms with E-state index in [0.717, 1.165) is 24.7 Å². The van der Waals surface area contributed by atoms with E-state index in [1.807, 2.05) is 6.92 Å². The molecule has 3 nitrogen and oxygen atoms in total. The monoisotopic (exact) mass is 251 g/mol. The zero-order chi connectivity index (χ0) is 9.94. The maximum atomic E-state index is 11.0. The number of carbonyl (C=O) groups is 1. The summed E-state index contributed by atoms with van der Waals surface area (Å²) in [4.78, 5) is 11.0. The lowest BCUT2D eigenvalue weighted by molar-refractivity contribution is -0.125. The molecule has 0 aromatic heterocycles. The van der Waals surface area contributed by atoms with Crippen molar-refractivity contribution in [2.75, 3.05) is 25.1 Å². The first-order valence-electron chi connectivity index (χ1n) is 4.71. The van der Waals surface area contributed by atoms with Gasteiger partial charge in [0.25, 0.3) is 0 Å². The fourth-order valence-electron chi connectivity index (χ4n) is 0.870. The molecular weight excluding hydrogens is 234 g/mol. The highest BCUT2D eigenvalue weighted by Crippen LogP contribution is 1.96. The summed E-state index contributed by atoms with van der Waals surface area (Å²) in [6.07, 6.45) is 3.37. The number of hydrogen-bond acceptors (Lipinski definition) is 2. The van der Waals surface area contributed by atoms with Gasteiger partial charge >= 0.3 is 0 Å². The molecule has 78 valence electrons. The molecule has 0 unspecified atom stereocenters. The Morgan fingerprint density at radius 1 is 1.38 bits per heavy atom. The summed E-state index contributed by atoms with van der Waals surface area (Å²) in [7, 11) is 0. The van der Waals surface area contributed by atoms with Crippen molar-refractivity contribution in [3.63, 3.8) is 0 Å². The van der Waals surface area contributed by atoms with Crippen molar-refractivity contribution in [2.24, 2.45) is 0 Å². The first-order valence-corrected chi connectivity index (χ1v) is 5.83. The fraction of sp³-hybridized carbons (Fsp3) is 0.889. The van der Waals surface area contributed by atoms with Crippen LogP contribution >= 0.6 is 15.9 Å². The number of hydrogen-bond donors (Lipinski definition) is 1. The van der Waals surface area contributed by atoms with Gasteiger partial charge in [0, 0.05) is 18.5 Å². The minimum atomic E-state index is -0.0132. The van der Waals surface area contributed by atoms with Gasteiger partial charge < -0.3 is 10.1 Å². The number of halogens is 1. The lowest BCUT2D eigenvalue weighted by atomic mass is 10.2. The SMILES string of the molecule is CCOCC(=O)NCCCCCBr. The van der Waals surface area contributed by atoms with Gasteiger partial charge in [-0.25, -0.2) is 0 Å². The summed E-state index contributed by atoms with van der Waals surface area (Å²) in [5.74, 6) is -0.0132. The van der Waals surface area contributed by atoms with Gasteiger partial charge in [0.1, 0.15) is 6.61 Å². The third-order valence-corrected chi connectivity index (χ3v) is 2.13. The van der Waals surface area contributed by atoms with E-state index in [-0.39, 0.29) is 12.5 Å². The summed E-state index contributed by atoms with van der Waals surface area (Å²) in [6.45, 7) is 3.42. The molecule has 0 aromatic rings. The maximum Gasteiger partial charge on any atom is 0.245 e. The van der Waals surface area contributed by atoms with E-state index in [0.29, 0.717) is 6.61 Å². The molecule has 1 N–H and O–H groups in total. The average molecular weight is 252 g/mol. The van der Waals surface area contributed by atoms with Crippen LogP contribution in [0.4, 0.5) is 0 Å². The predicted molar refractivity (Wildman–Crippen MR) is 57.1 cm³/mol. The quantitative estimate of drug-likeness (QED) is 0.527. The third-order valence-electron chi connectivity index (χ3n) is 1.57. The molecule has 0 radical (unpaired) electrons. The van der Waals surface area contributed by atoms with Crippen molar-refractivity contribution < 1.29 is 9.53 Å². The molecule has 13 heavy (non-hydrogen) atoms. The van der Waals surface area contributed by atoms with Crippen LogP contribution in [0.3, 0.4) is 0 Å². The number of alkyl halides is 1. The molecule has 0 heterocycles. The van der Waals surface area contributed by atoms with Crippen molar-refractivity contribution in [1.82, 2.24) is 5.32 Å². The largest absolute Gasteiger partial charge is 0.372 e. The van der Waals surface area contributed by atoms with Crippen LogP contribution in [-0.4, -0.2) is 31.0 Å². The van der Waals surface area contributed by atoms with E-state index in [1.54, 1.807) is 0 Å². The van der Waals surface area contributed by atoms with Crippen molar-refractivity contribution >= 4 is 21.8 Å². The minimum absolute atomic E-state index is 0.0132. The molecule has 4 heteroatoms. The smallest absolute Gasteiger partial charge is 0.245 e. The Kier molecular flexibility index (Phi) is 9.92. The highest BCUT2D eigenvalue weighted by atomic mass is 79.9. The Hall–Kier alpha value is -0.0900. The van der Waals surface area contributed by atoms with Crippen LogP contribution in [-0.2, 0) is 9.53 Å². The van der Waals surface area contributed by atoms with Gasteiger partial charge in [0.05, 0.1) is 0 Å². The number of carbonyl (C=O) groups excluding carboxylic acids is 1. The number of unbranched alkanes of at least 4 members (excludes halogenated alkanes) is 2. The molecule has 0 atom stereocenters. The molecule has 0 aliphatic heterocycles. The molecule has 0 spiro atoms. The van der Waals surface area contributed by atoms with Crippen molar-refractivity contribution in [2.45, 2.75) is 26.2 Å². The van der Waals surface area contributed by atoms with Crippen LogP contribution < -0.4 is 5.32 Å². The number of rotatable bonds is 8. The maximum absolute atomic E-state index is 11.0. The molecule has 0 aromatic carbocycles. The van der Waals surface area contributed by atoms with E-state index in [4.69, 9.17) is 4.74 Å². The number of ether oxygens (including phenoxy) is 1. The van der Waals surface area contributed by atoms with E-state index in [1.165, 1.54) is 6.42 Å². The predicted octanol–water partition coefficient (Wildman–Crippen LogP) is 1.70. The van der Waals surface area contributed by atoms with Gasteiger partial charge in [-0.15, -0.1) is 0 Å². The lowest BCUT2D eigenvalue weighted by Gasteiger charge is -2.04. The topological polar surface area (TPSA) is 38.3 Å². The molecule has 0 bridgehead atoms. The van der Waals surface area contributed by atoms with E-state index >= 15 is 0 Å². The third kappa shape index (κ3) is 9.83. The van der Waals surface area contributed by atoms with Gasteiger partial charge in [-0.1, -0.05) is 22.4 Å². The zero-order valence-electron chi connectivity index (χ0n) is 8.14. The van der Waals surface area contributed by atoms with Crippen LogP contribution in [0.15, 0.2) is 0 Å². The molecule has 0 fully saturated rings. The van der Waals surface area contributed by atoms with Crippen LogP contribution in [0.1, 0.15) is 26.2 Å². The second kappa shape index (κ2) is 9.99. The second-order valence-corrected chi connectivity index (χ2v) is 3.53. The zero-order valence-corrected chi connectivity index (χ0v) is 9.73. The van der Waals surface area contributed by atoms with Gasteiger partial charge in [-0.2, -0.15) is 0 Å². The summed E-state index contributed by atoms with van der Waals surface area (Å²) >= 11 is 3.36. The van der Waals surface area contributed by atoms with Crippen LogP contribution in [0.2, 0.25) is 0 Å². The summed E-state index contributed by atoms with van der Waals surface area (Å²) in [6, 6.07) is 0. The average Bonchev–Trinajstić information content (AvgIpc) is 2.14. The molecule has 0 saturated carbocycles. The van der Waals surface area contributed by atoms with Crippen molar-refractivity contribution in [3.05, 3.63) is 0 Å². The molecule has 0 aliphatic rings. The Morgan fingerprint density at radius 2 is 2.15 bits per heavy atom. The summed E-state index contributed by atoms with van der Waals surface area (Å²) in [5.41, 5.74) is 0. The standard InChI is InChI=1S/C9H18BrNO2/c1-2-13-8-9(12)11-7-5-3-4-6-10/h2-8H2,1H3,(H,11,12). The first kappa shape index (κ1) is 12.9. The summed E-state index contributed by atoms with van der Waals surface area (Å²) < 4.78 is 4.95.